The molecule has 0 aliphatic carbocycles. The Morgan fingerprint density at radius 2 is 1.79 bits per heavy atom. The van der Waals surface area contributed by atoms with Crippen molar-refractivity contribution < 1.29 is 19.2 Å². The summed E-state index contributed by atoms with van der Waals surface area (Å²) < 4.78 is 0. The maximum absolute atomic E-state index is 13.9. The molecule has 4 amide bonds. The Labute approximate surface area is 226 Å². The predicted molar refractivity (Wildman–Crippen MR) is 150 cm³/mol. The molecular formula is C29H30N6O4. The fourth-order valence-corrected chi connectivity index (χ4v) is 3.93. The second-order valence-electron chi connectivity index (χ2n) is 10.1. The Kier molecular flexibility index (Phi) is 7.85. The number of anilines is 3. The van der Waals surface area contributed by atoms with Crippen molar-refractivity contribution in [2.24, 2.45) is 10.4 Å². The van der Waals surface area contributed by atoms with Crippen LogP contribution >= 0.6 is 0 Å². The topological polar surface area (TPSA) is 124 Å². The number of benzodiazepines with no additional fused rings is 1. The van der Waals surface area contributed by atoms with E-state index in [2.05, 4.69) is 20.6 Å². The number of nitrogens with zero attached hydrogens (tertiary/aromatic N) is 4. The number of aromatic nitrogens is 1. The van der Waals surface area contributed by atoms with Gasteiger partial charge in [-0.05, 0) is 36.4 Å². The molecule has 1 unspecified atom stereocenters. The van der Waals surface area contributed by atoms with Gasteiger partial charge < -0.3 is 20.4 Å². The van der Waals surface area contributed by atoms with E-state index in [4.69, 9.17) is 0 Å². The van der Waals surface area contributed by atoms with Crippen molar-refractivity contribution in [3.05, 3.63) is 84.2 Å². The molecular weight excluding hydrogens is 496 g/mol. The molecule has 0 saturated carbocycles. The van der Waals surface area contributed by atoms with Gasteiger partial charge in [0.2, 0.25) is 12.6 Å². The minimum absolute atomic E-state index is 0.147. The zero-order valence-corrected chi connectivity index (χ0v) is 22.2. The third-order valence-electron chi connectivity index (χ3n) is 6.19. The average Bonchev–Trinajstić information content (AvgIpc) is 3.03. The molecule has 10 heteroatoms. The second-order valence-corrected chi connectivity index (χ2v) is 10.1. The van der Waals surface area contributed by atoms with Gasteiger partial charge in [-0.25, -0.2) is 9.79 Å². The molecule has 4 rings (SSSR count). The van der Waals surface area contributed by atoms with Crippen LogP contribution in [-0.4, -0.2) is 54.6 Å². The number of nitrogens with one attached hydrogen (secondary N) is 2. The normalized spacial score (nSPS) is 15.0. The van der Waals surface area contributed by atoms with Crippen LogP contribution in [0.5, 0.6) is 0 Å². The lowest BCUT2D eigenvalue weighted by Crippen LogP contribution is -2.50. The van der Waals surface area contributed by atoms with Crippen LogP contribution in [0.4, 0.5) is 21.9 Å². The molecule has 10 nitrogen and oxygen atoms in total. The van der Waals surface area contributed by atoms with E-state index in [0.717, 1.165) is 0 Å². The number of carbonyl (C=O) groups excluding carboxylic acids is 4. The average molecular weight is 527 g/mol. The van der Waals surface area contributed by atoms with Crippen LogP contribution in [0, 0.1) is 5.41 Å². The third kappa shape index (κ3) is 6.18. The van der Waals surface area contributed by atoms with Crippen molar-refractivity contribution in [1.29, 1.82) is 0 Å². The molecule has 1 aliphatic rings. The highest BCUT2D eigenvalue weighted by atomic mass is 16.2. The Morgan fingerprint density at radius 3 is 2.49 bits per heavy atom. The number of hydrogen-bond acceptors (Lipinski definition) is 6. The molecule has 1 atom stereocenters. The van der Waals surface area contributed by atoms with Gasteiger partial charge in [-0.2, -0.15) is 0 Å². The lowest BCUT2D eigenvalue weighted by molar-refractivity contribution is -0.127. The highest BCUT2D eigenvalue weighted by molar-refractivity contribution is 6.20. The van der Waals surface area contributed by atoms with Gasteiger partial charge in [0, 0.05) is 35.6 Å². The van der Waals surface area contributed by atoms with E-state index in [1.165, 1.54) is 9.80 Å². The maximum Gasteiger partial charge on any atom is 0.321 e. The number of carbonyl (C=O) groups is 4. The van der Waals surface area contributed by atoms with E-state index in [0.29, 0.717) is 40.4 Å². The molecule has 3 aromatic rings. The Hall–Kier alpha value is -4.86. The fourth-order valence-electron chi connectivity index (χ4n) is 3.93. The van der Waals surface area contributed by atoms with Gasteiger partial charge in [0.05, 0.1) is 23.6 Å². The van der Waals surface area contributed by atoms with Crippen LogP contribution in [0.3, 0.4) is 0 Å². The van der Waals surface area contributed by atoms with Gasteiger partial charge in [-0.15, -0.1) is 0 Å². The number of hydrogen-bond donors (Lipinski definition) is 2. The van der Waals surface area contributed by atoms with Gasteiger partial charge in [0.15, 0.2) is 5.78 Å². The highest BCUT2D eigenvalue weighted by Gasteiger charge is 2.36. The third-order valence-corrected chi connectivity index (χ3v) is 6.19. The lowest BCUT2D eigenvalue weighted by atomic mass is 9.90. The number of urea groups is 1. The van der Waals surface area contributed by atoms with Crippen LogP contribution in [0.25, 0.3) is 0 Å². The number of fused-ring (bicyclic) bond motifs is 1. The van der Waals surface area contributed by atoms with E-state index in [-0.39, 0.29) is 12.3 Å². The van der Waals surface area contributed by atoms with Gasteiger partial charge in [-0.1, -0.05) is 51.1 Å². The van der Waals surface area contributed by atoms with Crippen molar-refractivity contribution in [3.63, 3.8) is 0 Å². The van der Waals surface area contributed by atoms with E-state index >= 15 is 0 Å². The van der Waals surface area contributed by atoms with Gasteiger partial charge in [0.1, 0.15) is 0 Å². The molecule has 39 heavy (non-hydrogen) atoms. The summed E-state index contributed by atoms with van der Waals surface area (Å²) in [5, 5.41) is 5.34. The van der Waals surface area contributed by atoms with Crippen LogP contribution in [0.15, 0.2) is 77.9 Å². The summed E-state index contributed by atoms with van der Waals surface area (Å²) in [5.74, 6) is -0.707. The highest BCUT2D eigenvalue weighted by Crippen LogP contribution is 2.29. The first-order valence-corrected chi connectivity index (χ1v) is 12.4. The number of amides is 4. The summed E-state index contributed by atoms with van der Waals surface area (Å²) in [6.45, 7) is 5.18. The summed E-state index contributed by atoms with van der Waals surface area (Å²) in [6, 6.07) is 18.5. The van der Waals surface area contributed by atoms with E-state index in [1.807, 2.05) is 12.1 Å². The van der Waals surface area contributed by atoms with E-state index in [1.54, 1.807) is 88.6 Å². The SMILES string of the molecule is CN(C=O)c1cccc(NC(=O)NC2N=C(c3ccccn3)c3ccccc3N(CC(=O)C(C)(C)C)C2=O)c1. The summed E-state index contributed by atoms with van der Waals surface area (Å²) >= 11 is 0. The largest absolute Gasteiger partial charge is 0.321 e. The standard InChI is InChI=1S/C29H30N6O4/c1-29(2,3)24(37)17-35-23-14-6-5-12-21(23)25(22-13-7-8-15-30-22)32-26(27(35)38)33-28(39)31-19-10-9-11-20(16-19)34(4)18-36/h5-16,18,26H,17H2,1-4H3,(H2,31,33,39). The zero-order chi connectivity index (χ0) is 28.2. The first-order valence-electron chi connectivity index (χ1n) is 12.4. The number of aliphatic imine (C=N–C) groups is 1. The molecule has 0 saturated heterocycles. The van der Waals surface area contributed by atoms with Crippen molar-refractivity contribution in [3.8, 4) is 0 Å². The van der Waals surface area contributed by atoms with Gasteiger partial charge >= 0.3 is 6.03 Å². The molecule has 2 aromatic carbocycles. The zero-order valence-electron chi connectivity index (χ0n) is 22.2. The van der Waals surface area contributed by atoms with Gasteiger partial charge in [-0.3, -0.25) is 19.4 Å². The first kappa shape index (κ1) is 27.2. The van der Waals surface area contributed by atoms with Crippen LogP contribution in [-0.2, 0) is 14.4 Å². The maximum atomic E-state index is 13.9. The second kappa shape index (κ2) is 11.3. The number of pyridine rings is 1. The quantitative estimate of drug-likeness (QED) is 0.455. The number of para-hydroxylation sites is 1. The smallest absolute Gasteiger partial charge is 0.318 e. The van der Waals surface area contributed by atoms with Gasteiger partial charge in [0.25, 0.3) is 5.91 Å². The summed E-state index contributed by atoms with van der Waals surface area (Å²) in [7, 11) is 1.59. The molecule has 1 aliphatic heterocycles. The van der Waals surface area contributed by atoms with Crippen molar-refractivity contribution in [2.45, 2.75) is 26.9 Å². The summed E-state index contributed by atoms with van der Waals surface area (Å²) in [4.78, 5) is 62.9. The summed E-state index contributed by atoms with van der Waals surface area (Å²) in [5.41, 5.74) is 2.33. The number of benzene rings is 2. The Morgan fingerprint density at radius 1 is 1.05 bits per heavy atom. The monoisotopic (exact) mass is 526 g/mol. The number of ketones is 1. The molecule has 1 aromatic heterocycles. The molecule has 2 heterocycles. The number of Topliss-reactive ketones (excluding diaryl/α,β-unsaturated/α-hetero) is 1. The molecule has 0 radical (unpaired) electrons. The lowest BCUT2D eigenvalue weighted by Gasteiger charge is -2.28. The fraction of sp³-hybridized carbons (Fsp3) is 0.241. The van der Waals surface area contributed by atoms with Crippen LogP contribution in [0.1, 0.15) is 32.0 Å². The number of rotatable bonds is 7. The van der Waals surface area contributed by atoms with Crippen molar-refractivity contribution >= 4 is 46.9 Å². The molecule has 0 bridgehead atoms. The molecule has 0 spiro atoms. The minimum atomic E-state index is -1.34. The Balaban J connectivity index is 1.72. The Bertz CT molecular complexity index is 1430. The van der Waals surface area contributed by atoms with Crippen LogP contribution < -0.4 is 20.4 Å². The summed E-state index contributed by atoms with van der Waals surface area (Å²) in [6.07, 6.45) is 0.928. The first-order chi connectivity index (χ1) is 18.6. The molecule has 200 valence electrons. The molecule has 2 N–H and O–H groups in total. The minimum Gasteiger partial charge on any atom is -0.318 e. The van der Waals surface area contributed by atoms with E-state index < -0.39 is 23.5 Å². The van der Waals surface area contributed by atoms with E-state index in [9.17, 15) is 19.2 Å². The predicted octanol–water partition coefficient (Wildman–Crippen LogP) is 3.62. The van der Waals surface area contributed by atoms with Crippen molar-refractivity contribution in [2.75, 3.05) is 28.7 Å². The van der Waals surface area contributed by atoms with Crippen LogP contribution in [0.2, 0.25) is 0 Å². The molecule has 0 fully saturated rings. The van der Waals surface area contributed by atoms with Crippen molar-refractivity contribution in [1.82, 2.24) is 10.3 Å².